The number of hydrogen-bond donors (Lipinski definition) is 6. The Balaban J connectivity index is 1.63. The lowest BCUT2D eigenvalue weighted by atomic mass is 9.87. The van der Waals surface area contributed by atoms with Gasteiger partial charge in [0, 0.05) is 10.9 Å². The molecule has 0 aliphatic heterocycles. The van der Waals surface area contributed by atoms with Gasteiger partial charge in [-0.2, -0.15) is 8.42 Å². The number of para-hydroxylation sites is 1. The lowest BCUT2D eigenvalue weighted by Crippen LogP contribution is -2.12. The average Bonchev–Trinajstić information content (AvgIpc) is 3.00. The molecule has 5 aromatic carbocycles. The number of nitrogens with one attached hydrogen (secondary N) is 1. The third-order valence-corrected chi connectivity index (χ3v) is 8.81. The second-order valence-electron chi connectivity index (χ2n) is 11.5. The van der Waals surface area contributed by atoms with Crippen molar-refractivity contribution < 1.29 is 41.3 Å². The number of fused-ring (bicyclic) bond motifs is 1. The first-order valence-corrected chi connectivity index (χ1v) is 16.9. The largest absolute Gasteiger partial charge is 0.505 e. The molecule has 0 radical (unpaired) electrons. The van der Waals surface area contributed by atoms with Crippen LogP contribution < -0.4 is 10.1 Å². The van der Waals surface area contributed by atoms with Crippen molar-refractivity contribution in [1.29, 1.82) is 0 Å². The standard InChI is InChI=1S/C33H31N3O9S2/c1-33(2,3)22-13-15-23(16-14-22)45-27-12-8-7-11-25(27)35-36-30-28(47(42,43)44)18-21-17-24(46(39,40)41)19-26(29(21)31(30)37)34-32(38)20-9-5-4-6-10-20/h4-19,37,39-41H,1-3H3,(H,34,38)(H,42,43,44). The van der Waals surface area contributed by atoms with Crippen molar-refractivity contribution in [1.82, 2.24) is 0 Å². The Labute approximate surface area is 272 Å². The highest BCUT2D eigenvalue weighted by molar-refractivity contribution is 8.19. The average molecular weight is 678 g/mol. The summed E-state index contributed by atoms with van der Waals surface area (Å²) in [5, 5.41) is 21.7. The number of carbonyl (C=O) groups is 1. The van der Waals surface area contributed by atoms with Gasteiger partial charge in [-0.05, 0) is 71.0 Å². The maximum atomic E-state index is 13.0. The minimum Gasteiger partial charge on any atom is -0.505 e. The van der Waals surface area contributed by atoms with Crippen molar-refractivity contribution in [3.8, 4) is 17.2 Å². The van der Waals surface area contributed by atoms with Crippen LogP contribution >= 0.6 is 10.9 Å². The molecular weight excluding hydrogens is 647 g/mol. The fourth-order valence-electron chi connectivity index (χ4n) is 4.67. The molecule has 0 bridgehead atoms. The van der Waals surface area contributed by atoms with Crippen LogP contribution in [0.25, 0.3) is 10.8 Å². The molecule has 5 rings (SSSR count). The van der Waals surface area contributed by atoms with Gasteiger partial charge in [-0.1, -0.05) is 63.2 Å². The predicted molar refractivity (Wildman–Crippen MR) is 179 cm³/mol. The quantitative estimate of drug-likeness (QED) is 0.0684. The molecule has 6 N–H and O–H groups in total. The molecule has 244 valence electrons. The molecule has 5 aromatic rings. The van der Waals surface area contributed by atoms with Crippen molar-refractivity contribution in [2.75, 3.05) is 5.32 Å². The van der Waals surface area contributed by atoms with Crippen LogP contribution in [0.1, 0.15) is 36.7 Å². The molecule has 0 heterocycles. The molecule has 0 aliphatic rings. The van der Waals surface area contributed by atoms with Crippen molar-refractivity contribution >= 4 is 54.7 Å². The third kappa shape index (κ3) is 7.60. The molecule has 0 aliphatic carbocycles. The topological polar surface area (TPSA) is 198 Å². The van der Waals surface area contributed by atoms with E-state index in [4.69, 9.17) is 4.74 Å². The number of benzene rings is 5. The van der Waals surface area contributed by atoms with Crippen LogP contribution in [0.5, 0.6) is 17.2 Å². The number of phenolic OH excluding ortho intramolecular Hbond substituents is 1. The highest BCUT2D eigenvalue weighted by atomic mass is 32.3. The van der Waals surface area contributed by atoms with Crippen molar-refractivity contribution in [3.63, 3.8) is 0 Å². The van der Waals surface area contributed by atoms with E-state index in [9.17, 15) is 36.5 Å². The van der Waals surface area contributed by atoms with Gasteiger partial charge < -0.3 is 28.8 Å². The number of phenols is 1. The van der Waals surface area contributed by atoms with Gasteiger partial charge in [-0.25, -0.2) is 0 Å². The SMILES string of the molecule is CC(C)(C)c1ccc(Oc2ccccc2N=Nc2c(S(=O)(=O)O)cc3cc(S(O)(O)O)cc(NC(=O)c4ccccc4)c3c2O)cc1. The van der Waals surface area contributed by atoms with Crippen LogP contribution in [-0.4, -0.2) is 37.6 Å². The smallest absolute Gasteiger partial charge is 0.296 e. The van der Waals surface area contributed by atoms with E-state index in [1.165, 1.54) is 18.2 Å². The second kappa shape index (κ2) is 12.8. The van der Waals surface area contributed by atoms with E-state index in [2.05, 4.69) is 36.3 Å². The van der Waals surface area contributed by atoms with Crippen LogP contribution in [-0.2, 0) is 15.5 Å². The van der Waals surface area contributed by atoms with E-state index in [0.29, 0.717) is 5.75 Å². The van der Waals surface area contributed by atoms with Gasteiger partial charge in [-0.15, -0.1) is 10.2 Å². The Kier molecular flexibility index (Phi) is 9.10. The Bertz CT molecular complexity index is 2110. The summed E-state index contributed by atoms with van der Waals surface area (Å²) >= 11 is 0. The fraction of sp³-hybridized carbons (Fsp3) is 0.121. The highest BCUT2D eigenvalue weighted by Gasteiger charge is 2.27. The fourth-order valence-corrected chi connectivity index (χ4v) is 5.89. The Morgan fingerprint density at radius 3 is 2.06 bits per heavy atom. The minimum atomic E-state index is -5.07. The minimum absolute atomic E-state index is 0.0678. The predicted octanol–water partition coefficient (Wildman–Crippen LogP) is 9.13. The molecule has 0 saturated carbocycles. The number of amides is 1. The molecule has 47 heavy (non-hydrogen) atoms. The molecule has 0 fully saturated rings. The maximum Gasteiger partial charge on any atom is 0.296 e. The molecule has 12 nitrogen and oxygen atoms in total. The van der Waals surface area contributed by atoms with Crippen molar-refractivity contribution in [2.24, 2.45) is 10.2 Å². The number of anilines is 1. The second-order valence-corrected chi connectivity index (χ2v) is 14.4. The monoisotopic (exact) mass is 677 g/mol. The number of ether oxygens (including phenoxy) is 1. The molecule has 0 spiro atoms. The van der Waals surface area contributed by atoms with E-state index >= 15 is 0 Å². The summed E-state index contributed by atoms with van der Waals surface area (Å²) in [6.07, 6.45) is 0. The van der Waals surface area contributed by atoms with Crippen LogP contribution in [0.4, 0.5) is 17.1 Å². The van der Waals surface area contributed by atoms with Gasteiger partial charge in [0.25, 0.3) is 16.0 Å². The summed E-state index contributed by atoms with van der Waals surface area (Å²) in [5.41, 5.74) is 0.483. The van der Waals surface area contributed by atoms with Crippen molar-refractivity contribution in [2.45, 2.75) is 36.0 Å². The number of nitrogens with zero attached hydrogens (tertiary/aromatic N) is 2. The lowest BCUT2D eigenvalue weighted by molar-refractivity contribution is 0.102. The number of hydrogen-bond acceptors (Lipinski definition) is 10. The zero-order valence-electron chi connectivity index (χ0n) is 25.3. The first-order chi connectivity index (χ1) is 22.0. The summed E-state index contributed by atoms with van der Waals surface area (Å²) in [6, 6.07) is 24.8. The van der Waals surface area contributed by atoms with Gasteiger partial charge in [0.15, 0.2) is 11.5 Å². The Morgan fingerprint density at radius 1 is 0.809 bits per heavy atom. The number of aromatic hydroxyl groups is 1. The number of carbonyl (C=O) groups excluding carboxylic acids is 1. The summed E-state index contributed by atoms with van der Waals surface area (Å²) in [6.45, 7) is 6.25. The molecule has 0 unspecified atom stereocenters. The normalized spacial score (nSPS) is 12.7. The van der Waals surface area contributed by atoms with Gasteiger partial charge in [-0.3, -0.25) is 9.35 Å². The zero-order chi connectivity index (χ0) is 34.1. The lowest BCUT2D eigenvalue weighted by Gasteiger charge is -2.22. The van der Waals surface area contributed by atoms with Gasteiger partial charge >= 0.3 is 0 Å². The van der Waals surface area contributed by atoms with E-state index in [1.807, 2.05) is 12.1 Å². The molecule has 1 amide bonds. The van der Waals surface area contributed by atoms with E-state index < -0.39 is 48.1 Å². The molecule has 0 saturated heterocycles. The highest BCUT2D eigenvalue weighted by Crippen LogP contribution is 2.50. The first kappa shape index (κ1) is 33.5. The van der Waals surface area contributed by atoms with Crippen LogP contribution in [0.3, 0.4) is 0 Å². The molecule has 14 heteroatoms. The zero-order valence-corrected chi connectivity index (χ0v) is 27.0. The summed E-state index contributed by atoms with van der Waals surface area (Å²) < 4.78 is 71.0. The summed E-state index contributed by atoms with van der Waals surface area (Å²) in [5.74, 6) is -0.736. The Morgan fingerprint density at radius 2 is 1.45 bits per heavy atom. The van der Waals surface area contributed by atoms with Gasteiger partial charge in [0.2, 0.25) is 0 Å². The number of azo groups is 1. The molecule has 0 aromatic heterocycles. The summed E-state index contributed by atoms with van der Waals surface area (Å²) in [4.78, 5) is 11.7. The van der Waals surface area contributed by atoms with Crippen LogP contribution in [0.15, 0.2) is 117 Å². The van der Waals surface area contributed by atoms with Gasteiger partial charge in [0.1, 0.15) is 32.9 Å². The van der Waals surface area contributed by atoms with E-state index in [1.54, 1.807) is 48.5 Å². The van der Waals surface area contributed by atoms with E-state index in [0.717, 1.165) is 23.8 Å². The summed E-state index contributed by atoms with van der Waals surface area (Å²) in [7, 11) is -9.44. The maximum absolute atomic E-state index is 13.0. The van der Waals surface area contributed by atoms with Crippen molar-refractivity contribution in [3.05, 3.63) is 108 Å². The Hall–Kier alpha value is -4.83. The molecule has 0 atom stereocenters. The first-order valence-electron chi connectivity index (χ1n) is 14.0. The van der Waals surface area contributed by atoms with Crippen LogP contribution in [0, 0.1) is 0 Å². The molecular formula is C33H31N3O9S2. The van der Waals surface area contributed by atoms with Gasteiger partial charge in [0.05, 0.1) is 10.6 Å². The van der Waals surface area contributed by atoms with E-state index in [-0.39, 0.29) is 38.9 Å². The van der Waals surface area contributed by atoms with Crippen LogP contribution in [0.2, 0.25) is 0 Å². The number of rotatable bonds is 8. The third-order valence-electron chi connectivity index (χ3n) is 7.07.